The van der Waals surface area contributed by atoms with E-state index in [1.54, 1.807) is 20.4 Å². The Kier molecular flexibility index (Phi) is 8.71. The molecule has 1 heterocycles. The molecule has 124 valence electrons. The van der Waals surface area contributed by atoms with Crippen LogP contribution in [0.4, 0.5) is 0 Å². The van der Waals surface area contributed by atoms with Crippen LogP contribution >= 0.6 is 35.6 Å². The molecule has 5 nitrogen and oxygen atoms in total. The lowest BCUT2D eigenvalue weighted by Crippen LogP contribution is -2.36. The highest BCUT2D eigenvalue weighted by molar-refractivity contribution is 14.0. The summed E-state index contributed by atoms with van der Waals surface area (Å²) in [5, 5.41) is 7.20. The molecule has 0 bridgehead atoms. The molecular formula is C16H20ClIN4O. The van der Waals surface area contributed by atoms with Crippen molar-refractivity contribution >= 4 is 41.5 Å². The molecule has 0 aliphatic rings. The van der Waals surface area contributed by atoms with E-state index in [2.05, 4.69) is 20.6 Å². The average Bonchev–Trinajstić information content (AvgIpc) is 2.57. The van der Waals surface area contributed by atoms with Crippen molar-refractivity contribution in [2.45, 2.75) is 13.1 Å². The summed E-state index contributed by atoms with van der Waals surface area (Å²) >= 11 is 6.13. The second kappa shape index (κ2) is 10.3. The second-order valence-electron chi connectivity index (χ2n) is 4.58. The number of nitrogens with zero attached hydrogens (tertiary/aromatic N) is 2. The van der Waals surface area contributed by atoms with Crippen LogP contribution in [-0.4, -0.2) is 25.1 Å². The third kappa shape index (κ3) is 6.23. The van der Waals surface area contributed by atoms with Crippen molar-refractivity contribution < 1.29 is 4.74 Å². The maximum absolute atomic E-state index is 6.13. The minimum Gasteiger partial charge on any atom is -0.481 e. The largest absolute Gasteiger partial charge is 0.481 e. The van der Waals surface area contributed by atoms with E-state index >= 15 is 0 Å². The van der Waals surface area contributed by atoms with Crippen LogP contribution in [0.5, 0.6) is 5.88 Å². The van der Waals surface area contributed by atoms with Crippen molar-refractivity contribution in [2.24, 2.45) is 4.99 Å². The van der Waals surface area contributed by atoms with Gasteiger partial charge in [0.1, 0.15) is 0 Å². The molecule has 0 aliphatic heterocycles. The molecule has 2 N–H and O–H groups in total. The van der Waals surface area contributed by atoms with Crippen LogP contribution in [-0.2, 0) is 13.1 Å². The summed E-state index contributed by atoms with van der Waals surface area (Å²) in [5.41, 5.74) is 2.07. The first-order chi connectivity index (χ1) is 10.7. The van der Waals surface area contributed by atoms with E-state index in [1.165, 1.54) is 0 Å². The number of halogens is 2. The van der Waals surface area contributed by atoms with Crippen molar-refractivity contribution in [3.8, 4) is 5.88 Å². The Morgan fingerprint density at radius 2 is 1.91 bits per heavy atom. The van der Waals surface area contributed by atoms with Crippen LogP contribution in [0.2, 0.25) is 5.02 Å². The SMILES string of the molecule is CN=C(NCc1ccc(OC)nc1)NCc1ccccc1Cl.I. The minimum absolute atomic E-state index is 0. The van der Waals surface area contributed by atoms with Crippen LogP contribution in [0.25, 0.3) is 0 Å². The summed E-state index contributed by atoms with van der Waals surface area (Å²) < 4.78 is 5.03. The van der Waals surface area contributed by atoms with Gasteiger partial charge in [0.2, 0.25) is 5.88 Å². The van der Waals surface area contributed by atoms with Gasteiger partial charge in [-0.2, -0.15) is 0 Å². The lowest BCUT2D eigenvalue weighted by atomic mass is 10.2. The van der Waals surface area contributed by atoms with Gasteiger partial charge in [-0.05, 0) is 17.2 Å². The monoisotopic (exact) mass is 446 g/mol. The van der Waals surface area contributed by atoms with Gasteiger partial charge in [0, 0.05) is 37.4 Å². The lowest BCUT2D eigenvalue weighted by Gasteiger charge is -2.12. The highest BCUT2D eigenvalue weighted by Crippen LogP contribution is 2.14. The van der Waals surface area contributed by atoms with Gasteiger partial charge < -0.3 is 15.4 Å². The molecule has 1 aromatic carbocycles. The molecule has 0 atom stereocenters. The molecule has 7 heteroatoms. The Morgan fingerprint density at radius 1 is 1.17 bits per heavy atom. The number of hydrogen-bond donors (Lipinski definition) is 2. The number of guanidine groups is 1. The third-order valence-corrected chi connectivity index (χ3v) is 3.46. The number of ether oxygens (including phenoxy) is 1. The molecule has 2 aromatic rings. The van der Waals surface area contributed by atoms with Gasteiger partial charge in [0.15, 0.2) is 5.96 Å². The van der Waals surface area contributed by atoms with Crippen molar-refractivity contribution in [1.82, 2.24) is 15.6 Å². The smallest absolute Gasteiger partial charge is 0.212 e. The summed E-state index contributed by atoms with van der Waals surface area (Å²) in [6.07, 6.45) is 1.77. The van der Waals surface area contributed by atoms with E-state index in [1.807, 2.05) is 36.4 Å². The zero-order valence-corrected chi connectivity index (χ0v) is 16.1. The Bertz CT molecular complexity index is 634. The zero-order chi connectivity index (χ0) is 15.8. The molecule has 0 amide bonds. The number of rotatable bonds is 5. The first-order valence-corrected chi connectivity index (χ1v) is 7.27. The van der Waals surface area contributed by atoms with Gasteiger partial charge in [-0.3, -0.25) is 4.99 Å². The average molecular weight is 447 g/mol. The van der Waals surface area contributed by atoms with E-state index in [0.717, 1.165) is 16.1 Å². The Morgan fingerprint density at radius 3 is 2.52 bits per heavy atom. The lowest BCUT2D eigenvalue weighted by molar-refractivity contribution is 0.397. The molecular weight excluding hydrogens is 427 g/mol. The summed E-state index contributed by atoms with van der Waals surface area (Å²) in [6, 6.07) is 11.5. The number of pyridine rings is 1. The van der Waals surface area contributed by atoms with Crippen LogP contribution < -0.4 is 15.4 Å². The fourth-order valence-corrected chi connectivity index (χ4v) is 2.07. The van der Waals surface area contributed by atoms with Crippen molar-refractivity contribution in [3.63, 3.8) is 0 Å². The van der Waals surface area contributed by atoms with Gasteiger partial charge in [-0.15, -0.1) is 24.0 Å². The standard InChI is InChI=1S/C16H19ClN4O.HI/c1-18-16(21-11-13-5-3-4-6-14(13)17)20-10-12-7-8-15(22-2)19-9-12;/h3-9H,10-11H2,1-2H3,(H2,18,20,21);1H. The maximum Gasteiger partial charge on any atom is 0.212 e. The number of benzene rings is 1. The highest BCUT2D eigenvalue weighted by Gasteiger charge is 2.02. The van der Waals surface area contributed by atoms with Crippen LogP contribution in [0, 0.1) is 0 Å². The fourth-order valence-electron chi connectivity index (χ4n) is 1.86. The number of nitrogens with one attached hydrogen (secondary N) is 2. The molecule has 0 radical (unpaired) electrons. The topological polar surface area (TPSA) is 58.5 Å². The van der Waals surface area contributed by atoms with Gasteiger partial charge in [0.05, 0.1) is 7.11 Å². The number of aromatic nitrogens is 1. The van der Waals surface area contributed by atoms with E-state index in [-0.39, 0.29) is 24.0 Å². The predicted octanol–water partition coefficient (Wildman–Crippen LogP) is 3.23. The molecule has 0 saturated carbocycles. The first-order valence-electron chi connectivity index (χ1n) is 6.89. The van der Waals surface area contributed by atoms with E-state index in [4.69, 9.17) is 16.3 Å². The zero-order valence-electron chi connectivity index (χ0n) is 13.0. The molecule has 0 saturated heterocycles. The van der Waals surface area contributed by atoms with Gasteiger partial charge in [-0.25, -0.2) is 4.98 Å². The van der Waals surface area contributed by atoms with Crippen molar-refractivity contribution in [3.05, 3.63) is 58.7 Å². The van der Waals surface area contributed by atoms with E-state index in [9.17, 15) is 0 Å². The minimum atomic E-state index is 0. The quantitative estimate of drug-likeness (QED) is 0.421. The Hall–Kier alpha value is -1.54. The Labute approximate surface area is 158 Å². The van der Waals surface area contributed by atoms with Crippen molar-refractivity contribution in [2.75, 3.05) is 14.2 Å². The predicted molar refractivity (Wildman–Crippen MR) is 105 cm³/mol. The normalized spacial score (nSPS) is 10.7. The second-order valence-corrected chi connectivity index (χ2v) is 4.99. The molecule has 0 unspecified atom stereocenters. The summed E-state index contributed by atoms with van der Waals surface area (Å²) in [6.45, 7) is 1.24. The molecule has 0 aliphatic carbocycles. The highest BCUT2D eigenvalue weighted by atomic mass is 127. The summed E-state index contributed by atoms with van der Waals surface area (Å²) in [4.78, 5) is 8.35. The van der Waals surface area contributed by atoms with Gasteiger partial charge in [0.25, 0.3) is 0 Å². The number of aliphatic imine (C=N–C) groups is 1. The molecule has 23 heavy (non-hydrogen) atoms. The summed E-state index contributed by atoms with van der Waals surface area (Å²) in [5.74, 6) is 1.31. The van der Waals surface area contributed by atoms with Gasteiger partial charge in [-0.1, -0.05) is 35.9 Å². The molecule has 0 spiro atoms. The fraction of sp³-hybridized carbons (Fsp3) is 0.250. The van der Waals surface area contributed by atoms with Crippen molar-refractivity contribution in [1.29, 1.82) is 0 Å². The van der Waals surface area contributed by atoms with E-state index in [0.29, 0.717) is 24.9 Å². The number of hydrogen-bond acceptors (Lipinski definition) is 3. The van der Waals surface area contributed by atoms with Crippen LogP contribution in [0.3, 0.4) is 0 Å². The number of methoxy groups -OCH3 is 1. The Balaban J connectivity index is 0.00000264. The van der Waals surface area contributed by atoms with E-state index < -0.39 is 0 Å². The van der Waals surface area contributed by atoms with Gasteiger partial charge >= 0.3 is 0 Å². The maximum atomic E-state index is 6.13. The third-order valence-electron chi connectivity index (χ3n) is 3.09. The van der Waals surface area contributed by atoms with Crippen LogP contribution in [0.15, 0.2) is 47.6 Å². The summed E-state index contributed by atoms with van der Waals surface area (Å²) in [7, 11) is 3.33. The molecule has 1 aromatic heterocycles. The first kappa shape index (κ1) is 19.5. The molecule has 2 rings (SSSR count). The van der Waals surface area contributed by atoms with Crippen LogP contribution in [0.1, 0.15) is 11.1 Å². The molecule has 0 fully saturated rings.